The van der Waals surface area contributed by atoms with Gasteiger partial charge in [-0.2, -0.15) is 0 Å². The van der Waals surface area contributed by atoms with Crippen LogP contribution >= 0.6 is 0 Å². The lowest BCUT2D eigenvalue weighted by Crippen LogP contribution is -2.49. The van der Waals surface area contributed by atoms with Crippen molar-refractivity contribution in [3.05, 3.63) is 48.0 Å². The summed E-state index contributed by atoms with van der Waals surface area (Å²) in [6.45, 7) is 4.79. The van der Waals surface area contributed by atoms with Gasteiger partial charge in [0.15, 0.2) is 0 Å². The number of methoxy groups -OCH3 is 3. The van der Waals surface area contributed by atoms with Crippen molar-refractivity contribution in [3.63, 3.8) is 0 Å². The van der Waals surface area contributed by atoms with E-state index in [1.165, 1.54) is 0 Å². The molecule has 3 rings (SSSR count). The van der Waals surface area contributed by atoms with Crippen molar-refractivity contribution < 1.29 is 24.1 Å². The van der Waals surface area contributed by atoms with Crippen LogP contribution in [0.4, 0.5) is 5.69 Å². The molecule has 1 heterocycles. The highest BCUT2D eigenvalue weighted by Crippen LogP contribution is 2.28. The molecule has 1 fully saturated rings. The van der Waals surface area contributed by atoms with E-state index < -0.39 is 6.10 Å². The number of rotatable bonds is 10. The summed E-state index contributed by atoms with van der Waals surface area (Å²) in [5.74, 6) is 2.40. The van der Waals surface area contributed by atoms with Crippen LogP contribution in [0.2, 0.25) is 0 Å². The Hall–Kier alpha value is -2.48. The minimum atomic E-state index is -0.542. The van der Waals surface area contributed by atoms with E-state index in [1.807, 2.05) is 36.4 Å². The maximum Gasteiger partial charge on any atom is 0.142 e. The third-order valence-electron chi connectivity index (χ3n) is 5.32. The topological polar surface area (TPSA) is 63.6 Å². The zero-order valence-corrected chi connectivity index (χ0v) is 18.0. The van der Waals surface area contributed by atoms with Gasteiger partial charge in [0.05, 0.1) is 46.3 Å². The Kier molecular flexibility index (Phi) is 8.19. The van der Waals surface area contributed by atoms with E-state index in [4.69, 9.17) is 18.9 Å². The summed E-state index contributed by atoms with van der Waals surface area (Å²) in [6, 6.07) is 13.7. The van der Waals surface area contributed by atoms with Gasteiger partial charge in [-0.05, 0) is 30.3 Å². The lowest BCUT2D eigenvalue weighted by molar-refractivity contribution is 0.00861. The third-order valence-corrected chi connectivity index (χ3v) is 5.32. The summed E-state index contributed by atoms with van der Waals surface area (Å²) in [5.41, 5.74) is 2.02. The molecule has 1 saturated heterocycles. The Balaban J connectivity index is 1.43. The van der Waals surface area contributed by atoms with Gasteiger partial charge in [-0.3, -0.25) is 4.90 Å². The number of para-hydroxylation sites is 2. The molecule has 164 valence electrons. The number of piperazine rings is 1. The van der Waals surface area contributed by atoms with E-state index in [-0.39, 0.29) is 6.61 Å². The van der Waals surface area contributed by atoms with Crippen molar-refractivity contribution in [1.29, 1.82) is 0 Å². The van der Waals surface area contributed by atoms with Crippen LogP contribution in [0.3, 0.4) is 0 Å². The minimum Gasteiger partial charge on any atom is -0.497 e. The van der Waals surface area contributed by atoms with Gasteiger partial charge in [-0.1, -0.05) is 12.1 Å². The smallest absolute Gasteiger partial charge is 0.142 e. The lowest BCUT2D eigenvalue weighted by Gasteiger charge is -2.37. The monoisotopic (exact) mass is 416 g/mol. The number of aliphatic hydroxyl groups is 1. The van der Waals surface area contributed by atoms with Gasteiger partial charge in [0.1, 0.15) is 17.2 Å². The average Bonchev–Trinajstić information content (AvgIpc) is 2.79. The molecule has 0 bridgehead atoms. The first kappa shape index (κ1) is 22.2. The summed E-state index contributed by atoms with van der Waals surface area (Å²) in [4.78, 5) is 4.60. The second kappa shape index (κ2) is 11.1. The van der Waals surface area contributed by atoms with Gasteiger partial charge >= 0.3 is 0 Å². The van der Waals surface area contributed by atoms with Gasteiger partial charge in [0.2, 0.25) is 0 Å². The summed E-state index contributed by atoms with van der Waals surface area (Å²) in [6.07, 6.45) is -0.542. The number of anilines is 1. The number of ether oxygens (including phenoxy) is 4. The Bertz CT molecular complexity index is 793. The van der Waals surface area contributed by atoms with Gasteiger partial charge in [-0.15, -0.1) is 0 Å². The second-order valence-corrected chi connectivity index (χ2v) is 7.31. The number of benzene rings is 2. The summed E-state index contributed by atoms with van der Waals surface area (Å²) < 4.78 is 21.8. The quantitative estimate of drug-likeness (QED) is 0.638. The second-order valence-electron chi connectivity index (χ2n) is 7.31. The average molecular weight is 417 g/mol. The number of aliphatic hydroxyl groups excluding tert-OH is 1. The molecule has 0 aliphatic carbocycles. The predicted octanol–water partition coefficient (Wildman–Crippen LogP) is 2.41. The van der Waals surface area contributed by atoms with Crippen molar-refractivity contribution in [2.45, 2.75) is 12.7 Å². The van der Waals surface area contributed by atoms with Gasteiger partial charge in [-0.25, -0.2) is 0 Å². The van der Waals surface area contributed by atoms with Crippen LogP contribution in [0.5, 0.6) is 17.2 Å². The van der Waals surface area contributed by atoms with Crippen molar-refractivity contribution in [3.8, 4) is 17.2 Å². The van der Waals surface area contributed by atoms with Crippen molar-refractivity contribution in [2.24, 2.45) is 0 Å². The number of hydrogen-bond acceptors (Lipinski definition) is 7. The fourth-order valence-corrected chi connectivity index (χ4v) is 3.71. The van der Waals surface area contributed by atoms with E-state index in [0.717, 1.165) is 54.7 Å². The largest absolute Gasteiger partial charge is 0.497 e. The minimum absolute atomic E-state index is 0.271. The van der Waals surface area contributed by atoms with E-state index >= 15 is 0 Å². The molecule has 0 spiro atoms. The van der Waals surface area contributed by atoms with Crippen LogP contribution in [0.15, 0.2) is 42.5 Å². The zero-order valence-electron chi connectivity index (χ0n) is 18.0. The first-order valence-electron chi connectivity index (χ1n) is 10.2. The molecule has 1 unspecified atom stereocenters. The van der Waals surface area contributed by atoms with E-state index in [9.17, 15) is 5.11 Å². The number of β-amino-alcohol motifs (C(OH)–C–C–N with tert-alkyl or cyclic N) is 1. The molecule has 0 radical (unpaired) electrons. The molecule has 0 aromatic heterocycles. The Labute approximate surface area is 178 Å². The molecule has 0 saturated carbocycles. The van der Waals surface area contributed by atoms with E-state index in [0.29, 0.717) is 13.2 Å². The molecule has 7 heteroatoms. The molecule has 1 atom stereocenters. The van der Waals surface area contributed by atoms with Crippen LogP contribution in [0.25, 0.3) is 0 Å². The van der Waals surface area contributed by atoms with Gasteiger partial charge < -0.3 is 29.0 Å². The molecule has 1 aliphatic heterocycles. The van der Waals surface area contributed by atoms with Gasteiger partial charge in [0.25, 0.3) is 0 Å². The Morgan fingerprint density at radius 1 is 0.900 bits per heavy atom. The molecule has 1 aliphatic rings. The van der Waals surface area contributed by atoms with Crippen molar-refractivity contribution >= 4 is 5.69 Å². The van der Waals surface area contributed by atoms with E-state index in [1.54, 1.807) is 21.3 Å². The molecular formula is C23H32N2O5. The molecule has 2 aromatic carbocycles. The molecule has 1 N–H and O–H groups in total. The fraction of sp³-hybridized carbons (Fsp3) is 0.478. The molecular weight excluding hydrogens is 384 g/mol. The molecule has 7 nitrogen and oxygen atoms in total. The van der Waals surface area contributed by atoms with Crippen LogP contribution in [0, 0.1) is 0 Å². The highest BCUT2D eigenvalue weighted by molar-refractivity contribution is 5.58. The highest BCUT2D eigenvalue weighted by Gasteiger charge is 2.21. The van der Waals surface area contributed by atoms with Crippen molar-refractivity contribution in [1.82, 2.24) is 4.90 Å². The van der Waals surface area contributed by atoms with Crippen LogP contribution < -0.4 is 19.1 Å². The predicted molar refractivity (Wildman–Crippen MR) is 117 cm³/mol. The Morgan fingerprint density at radius 2 is 1.63 bits per heavy atom. The zero-order chi connectivity index (χ0) is 21.3. The number of nitrogens with zero attached hydrogens (tertiary/aromatic N) is 2. The lowest BCUT2D eigenvalue weighted by atomic mass is 10.2. The summed E-state index contributed by atoms with van der Waals surface area (Å²) in [7, 11) is 4.96. The number of hydrogen-bond donors (Lipinski definition) is 1. The third kappa shape index (κ3) is 5.78. The molecule has 30 heavy (non-hydrogen) atoms. The maximum absolute atomic E-state index is 10.4. The Morgan fingerprint density at radius 3 is 2.33 bits per heavy atom. The first-order chi connectivity index (χ1) is 14.6. The van der Waals surface area contributed by atoms with Crippen LogP contribution in [0.1, 0.15) is 5.56 Å². The molecule has 0 amide bonds. The van der Waals surface area contributed by atoms with Gasteiger partial charge in [0, 0.05) is 38.3 Å². The normalized spacial score (nSPS) is 15.7. The van der Waals surface area contributed by atoms with Crippen LogP contribution in [-0.4, -0.2) is 76.8 Å². The van der Waals surface area contributed by atoms with E-state index in [2.05, 4.69) is 15.9 Å². The first-order valence-corrected chi connectivity index (χ1v) is 10.2. The SMILES string of the molecule is COc1ccc(OC)c(COCC(O)CN2CCN(c3ccccc3OC)CC2)c1. The summed E-state index contributed by atoms with van der Waals surface area (Å²) >= 11 is 0. The highest BCUT2D eigenvalue weighted by atomic mass is 16.5. The van der Waals surface area contributed by atoms with Crippen LogP contribution in [-0.2, 0) is 11.3 Å². The molecule has 2 aromatic rings. The maximum atomic E-state index is 10.4. The van der Waals surface area contributed by atoms with Crippen molar-refractivity contribution in [2.75, 3.05) is 65.6 Å². The fourth-order valence-electron chi connectivity index (χ4n) is 3.71. The summed E-state index contributed by atoms with van der Waals surface area (Å²) in [5, 5.41) is 10.4. The standard InChI is InChI=1S/C23H32N2O5/c1-27-20-8-9-22(28-2)18(14-20)16-30-17-19(26)15-24-10-12-25(13-11-24)21-6-4-5-7-23(21)29-3/h4-9,14,19,26H,10-13,15-17H2,1-3H3.